The van der Waals surface area contributed by atoms with Crippen LogP contribution in [0, 0.1) is 0 Å². The van der Waals surface area contributed by atoms with Gasteiger partial charge in [-0.25, -0.2) is 4.99 Å². The Labute approximate surface area is 142 Å². The average Bonchev–Trinajstić information content (AvgIpc) is 2.84. The van der Waals surface area contributed by atoms with Crippen LogP contribution in [-0.4, -0.2) is 36.4 Å². The first-order valence-corrected chi connectivity index (χ1v) is 7.31. The van der Waals surface area contributed by atoms with Gasteiger partial charge in [-0.1, -0.05) is 0 Å². The van der Waals surface area contributed by atoms with Crippen molar-refractivity contribution in [3.63, 3.8) is 0 Å². The normalized spacial score (nSPS) is 19.3. The van der Waals surface area contributed by atoms with E-state index in [1.54, 1.807) is 0 Å². The maximum Gasteiger partial charge on any atom is 0.246 e. The molecule has 4 rings (SSSR count). The minimum atomic E-state index is 0. The molecule has 0 aliphatic carbocycles. The molecule has 3 heterocycles. The Bertz CT molecular complexity index is 599. The molecule has 120 valence electrons. The smallest absolute Gasteiger partial charge is 0.246 e. The second kappa shape index (κ2) is 6.75. The molecule has 0 spiro atoms. The number of nitrogens with one attached hydrogen (secondary N) is 1. The number of carbonyl (C=O) groups is 1. The molecule has 0 radical (unpaired) electrons. The molecule has 0 aromatic heterocycles. The fourth-order valence-electron chi connectivity index (χ4n) is 3.20. The SMILES string of the molecule is Cl.Cl.O=C1CN2Cc3cc(N4CCCCC4)ccc3N=C2N1. The highest BCUT2D eigenvalue weighted by Gasteiger charge is 2.29. The van der Waals surface area contributed by atoms with E-state index in [1.165, 1.54) is 30.5 Å². The number of anilines is 1. The number of halogens is 2. The van der Waals surface area contributed by atoms with Crippen molar-refractivity contribution < 1.29 is 4.79 Å². The molecule has 0 atom stereocenters. The van der Waals surface area contributed by atoms with Gasteiger partial charge in [0.2, 0.25) is 11.9 Å². The highest BCUT2D eigenvalue weighted by Crippen LogP contribution is 2.31. The summed E-state index contributed by atoms with van der Waals surface area (Å²) in [6, 6.07) is 6.47. The lowest BCUT2D eigenvalue weighted by Crippen LogP contribution is -2.32. The highest BCUT2D eigenvalue weighted by atomic mass is 35.5. The maximum atomic E-state index is 11.4. The Balaban J connectivity index is 0.000000882. The third-order valence-corrected chi connectivity index (χ3v) is 4.26. The van der Waals surface area contributed by atoms with Gasteiger partial charge < -0.3 is 9.80 Å². The van der Waals surface area contributed by atoms with E-state index in [2.05, 4.69) is 33.4 Å². The van der Waals surface area contributed by atoms with E-state index < -0.39 is 0 Å². The number of fused-ring (bicyclic) bond motifs is 2. The fourth-order valence-corrected chi connectivity index (χ4v) is 3.20. The van der Waals surface area contributed by atoms with Crippen LogP contribution < -0.4 is 10.2 Å². The first kappa shape index (κ1) is 16.9. The number of aliphatic imine (C=N–C) groups is 1. The van der Waals surface area contributed by atoms with Gasteiger partial charge in [-0.2, -0.15) is 0 Å². The van der Waals surface area contributed by atoms with E-state index in [9.17, 15) is 4.79 Å². The summed E-state index contributed by atoms with van der Waals surface area (Å²) < 4.78 is 0. The van der Waals surface area contributed by atoms with Crippen LogP contribution in [0.15, 0.2) is 23.2 Å². The Morgan fingerprint density at radius 3 is 2.55 bits per heavy atom. The minimum Gasteiger partial charge on any atom is -0.372 e. The summed E-state index contributed by atoms with van der Waals surface area (Å²) in [6.07, 6.45) is 3.91. The van der Waals surface area contributed by atoms with Crippen LogP contribution >= 0.6 is 24.8 Å². The van der Waals surface area contributed by atoms with Crippen molar-refractivity contribution >= 4 is 48.1 Å². The number of rotatable bonds is 1. The quantitative estimate of drug-likeness (QED) is 0.852. The van der Waals surface area contributed by atoms with Gasteiger partial charge in [-0.15, -0.1) is 24.8 Å². The van der Waals surface area contributed by atoms with Gasteiger partial charge >= 0.3 is 0 Å². The second-order valence-corrected chi connectivity index (χ2v) is 5.70. The summed E-state index contributed by atoms with van der Waals surface area (Å²) in [5.74, 6) is 0.737. The molecule has 22 heavy (non-hydrogen) atoms. The first-order valence-electron chi connectivity index (χ1n) is 7.31. The van der Waals surface area contributed by atoms with Crippen molar-refractivity contribution in [2.75, 3.05) is 24.5 Å². The van der Waals surface area contributed by atoms with E-state index in [0.717, 1.165) is 25.3 Å². The van der Waals surface area contributed by atoms with Crippen molar-refractivity contribution in [2.24, 2.45) is 4.99 Å². The third kappa shape index (κ3) is 3.01. The van der Waals surface area contributed by atoms with Crippen LogP contribution in [0.2, 0.25) is 0 Å². The molecule has 1 aromatic carbocycles. The molecule has 3 aliphatic heterocycles. The van der Waals surface area contributed by atoms with Gasteiger partial charge in [-0.05, 0) is 43.0 Å². The predicted octanol–water partition coefficient (Wildman–Crippen LogP) is 2.45. The summed E-state index contributed by atoms with van der Waals surface area (Å²) in [5, 5.41) is 2.80. The van der Waals surface area contributed by atoms with Crippen LogP contribution in [0.25, 0.3) is 0 Å². The summed E-state index contributed by atoms with van der Waals surface area (Å²) in [7, 11) is 0. The van der Waals surface area contributed by atoms with Crippen molar-refractivity contribution in [2.45, 2.75) is 25.8 Å². The number of piperidine rings is 1. The van der Waals surface area contributed by atoms with Gasteiger partial charge in [0.25, 0.3) is 0 Å². The number of nitrogens with zero attached hydrogens (tertiary/aromatic N) is 3. The molecule has 7 heteroatoms. The number of carbonyl (C=O) groups excluding carboxylic acids is 1. The summed E-state index contributed by atoms with van der Waals surface area (Å²) >= 11 is 0. The van der Waals surface area contributed by atoms with E-state index in [0.29, 0.717) is 12.5 Å². The Hall–Kier alpha value is -1.46. The molecular formula is C15H20Cl2N4O. The highest BCUT2D eigenvalue weighted by molar-refractivity contribution is 6.05. The lowest BCUT2D eigenvalue weighted by atomic mass is 10.1. The molecule has 1 aromatic rings. The zero-order chi connectivity index (χ0) is 13.5. The van der Waals surface area contributed by atoms with Crippen molar-refractivity contribution in [3.05, 3.63) is 23.8 Å². The first-order chi connectivity index (χ1) is 9.79. The van der Waals surface area contributed by atoms with Crippen LogP contribution in [0.4, 0.5) is 11.4 Å². The van der Waals surface area contributed by atoms with Crippen LogP contribution in [0.1, 0.15) is 24.8 Å². The molecule has 5 nitrogen and oxygen atoms in total. The molecule has 0 saturated carbocycles. The molecule has 0 bridgehead atoms. The molecule has 1 amide bonds. The van der Waals surface area contributed by atoms with Gasteiger partial charge in [0, 0.05) is 25.3 Å². The van der Waals surface area contributed by atoms with Gasteiger partial charge in [0.15, 0.2) is 0 Å². The zero-order valence-electron chi connectivity index (χ0n) is 12.2. The number of hydrogen-bond acceptors (Lipinski definition) is 4. The zero-order valence-corrected chi connectivity index (χ0v) is 13.9. The standard InChI is InChI=1S/C15H18N4O.2ClH/c20-14-10-19-9-11-8-12(18-6-2-1-3-7-18)4-5-13(11)16-15(19)17-14;;/h4-5,8H,1-3,6-7,9-10H2,(H,16,17,20);2*1H. The molecule has 0 unspecified atom stereocenters. The maximum absolute atomic E-state index is 11.4. The summed E-state index contributed by atoms with van der Waals surface area (Å²) in [5.41, 5.74) is 3.49. The molecular weight excluding hydrogens is 323 g/mol. The lowest BCUT2D eigenvalue weighted by Gasteiger charge is -2.30. The van der Waals surface area contributed by atoms with E-state index >= 15 is 0 Å². The number of amides is 1. The van der Waals surface area contributed by atoms with Crippen molar-refractivity contribution in [1.29, 1.82) is 0 Å². The fraction of sp³-hybridized carbons (Fsp3) is 0.467. The summed E-state index contributed by atoms with van der Waals surface area (Å²) in [6.45, 7) is 3.49. The van der Waals surface area contributed by atoms with E-state index in [4.69, 9.17) is 0 Å². The molecule has 1 N–H and O–H groups in total. The Kier molecular flexibility index (Phi) is 5.19. The van der Waals surface area contributed by atoms with Gasteiger partial charge in [-0.3, -0.25) is 10.1 Å². The van der Waals surface area contributed by atoms with Gasteiger partial charge in [0.1, 0.15) is 6.54 Å². The van der Waals surface area contributed by atoms with E-state index in [1.807, 2.05) is 4.90 Å². The Morgan fingerprint density at radius 2 is 1.77 bits per heavy atom. The Morgan fingerprint density at radius 1 is 1.00 bits per heavy atom. The van der Waals surface area contributed by atoms with Gasteiger partial charge in [0.05, 0.1) is 5.69 Å². The molecule has 3 aliphatic rings. The predicted molar refractivity (Wildman–Crippen MR) is 92.6 cm³/mol. The monoisotopic (exact) mass is 342 g/mol. The van der Waals surface area contributed by atoms with Crippen LogP contribution in [-0.2, 0) is 11.3 Å². The number of guanidine groups is 1. The van der Waals surface area contributed by atoms with Crippen LogP contribution in [0.3, 0.4) is 0 Å². The largest absolute Gasteiger partial charge is 0.372 e. The average molecular weight is 343 g/mol. The van der Waals surface area contributed by atoms with Crippen LogP contribution in [0.5, 0.6) is 0 Å². The number of benzene rings is 1. The molecule has 2 fully saturated rings. The third-order valence-electron chi connectivity index (χ3n) is 4.26. The minimum absolute atomic E-state index is 0. The summed E-state index contributed by atoms with van der Waals surface area (Å²) in [4.78, 5) is 20.4. The second-order valence-electron chi connectivity index (χ2n) is 5.70. The van der Waals surface area contributed by atoms with E-state index in [-0.39, 0.29) is 30.7 Å². The molecule has 2 saturated heterocycles. The lowest BCUT2D eigenvalue weighted by molar-refractivity contribution is -0.118. The van der Waals surface area contributed by atoms with Crippen molar-refractivity contribution in [1.82, 2.24) is 10.2 Å². The van der Waals surface area contributed by atoms with Crippen molar-refractivity contribution in [3.8, 4) is 0 Å². The number of hydrogen-bond donors (Lipinski definition) is 1. The topological polar surface area (TPSA) is 47.9 Å².